The fourth-order valence-electron chi connectivity index (χ4n) is 4.01. The summed E-state index contributed by atoms with van der Waals surface area (Å²) in [5.74, 6) is -0.632. The molecule has 0 atom stereocenters. The maximum Gasteiger partial charge on any atom is 0.254 e. The summed E-state index contributed by atoms with van der Waals surface area (Å²) >= 11 is 0. The molecule has 0 saturated heterocycles. The molecule has 0 aromatic heterocycles. The zero-order valence-corrected chi connectivity index (χ0v) is 14.9. The Hall–Kier alpha value is -2.63. The molecule has 2 aromatic carbocycles. The third-order valence-electron chi connectivity index (χ3n) is 5.48. The number of carbonyl (C=O) groups is 1. The minimum Gasteiger partial charge on any atom is -0.486 e. The Balaban J connectivity index is 1.55. The van der Waals surface area contributed by atoms with E-state index in [0.717, 1.165) is 54.9 Å². The van der Waals surface area contributed by atoms with Crippen LogP contribution < -0.4 is 14.8 Å². The van der Waals surface area contributed by atoms with Crippen LogP contribution in [0.4, 0.5) is 8.78 Å². The van der Waals surface area contributed by atoms with Crippen molar-refractivity contribution in [1.82, 2.24) is 5.32 Å². The number of carbonyl (C=O) groups excluding carboxylic acids is 1. The highest BCUT2D eigenvalue weighted by Gasteiger charge is 2.37. The van der Waals surface area contributed by atoms with E-state index in [0.29, 0.717) is 19.8 Å². The standard InChI is InChI=1S/C21H21F2NO3/c22-15-4-5-16(17(23)12-15)20(25)24-13-21(7-1-2-8-21)14-3-6-18-19(11-14)27-10-9-26-18/h3-6,11-12H,1-2,7-10,13H2,(H,24,25). The third kappa shape index (κ3) is 3.48. The Bertz CT molecular complexity index is 863. The zero-order chi connectivity index (χ0) is 18.9. The van der Waals surface area contributed by atoms with Gasteiger partial charge in [0.2, 0.25) is 0 Å². The quantitative estimate of drug-likeness (QED) is 0.882. The van der Waals surface area contributed by atoms with Gasteiger partial charge in [-0.25, -0.2) is 8.78 Å². The highest BCUT2D eigenvalue weighted by molar-refractivity contribution is 5.94. The van der Waals surface area contributed by atoms with Crippen molar-refractivity contribution in [3.8, 4) is 11.5 Å². The number of hydrogen-bond donors (Lipinski definition) is 1. The van der Waals surface area contributed by atoms with Gasteiger partial charge in [-0.05, 0) is 42.7 Å². The van der Waals surface area contributed by atoms with Crippen LogP contribution in [-0.4, -0.2) is 25.7 Å². The summed E-state index contributed by atoms with van der Waals surface area (Å²) in [6.07, 6.45) is 3.99. The fraction of sp³-hybridized carbons (Fsp3) is 0.381. The Morgan fingerprint density at radius 3 is 2.48 bits per heavy atom. The molecule has 2 aliphatic rings. The number of benzene rings is 2. The zero-order valence-electron chi connectivity index (χ0n) is 14.9. The van der Waals surface area contributed by atoms with E-state index < -0.39 is 17.5 Å². The topological polar surface area (TPSA) is 47.6 Å². The molecule has 1 fully saturated rings. The second-order valence-electron chi connectivity index (χ2n) is 7.15. The van der Waals surface area contributed by atoms with Crippen LogP contribution in [0, 0.1) is 11.6 Å². The average molecular weight is 373 g/mol. The van der Waals surface area contributed by atoms with Crippen molar-refractivity contribution in [2.75, 3.05) is 19.8 Å². The van der Waals surface area contributed by atoms with Crippen molar-refractivity contribution >= 4 is 5.91 Å². The van der Waals surface area contributed by atoms with E-state index in [1.807, 2.05) is 18.2 Å². The van der Waals surface area contributed by atoms with Crippen LogP contribution >= 0.6 is 0 Å². The molecule has 1 amide bonds. The van der Waals surface area contributed by atoms with Gasteiger partial charge in [-0.3, -0.25) is 4.79 Å². The molecule has 0 unspecified atom stereocenters. The number of nitrogens with one attached hydrogen (secondary N) is 1. The molecule has 142 valence electrons. The van der Waals surface area contributed by atoms with Crippen molar-refractivity contribution in [2.24, 2.45) is 0 Å². The molecule has 4 rings (SSSR count). The molecule has 1 N–H and O–H groups in total. The predicted octanol–water partition coefficient (Wildman–Crippen LogP) is 3.98. The van der Waals surface area contributed by atoms with Crippen molar-refractivity contribution in [3.63, 3.8) is 0 Å². The summed E-state index contributed by atoms with van der Waals surface area (Å²) in [6.45, 7) is 1.45. The molecular formula is C21H21F2NO3. The molecule has 1 aliphatic carbocycles. The SMILES string of the molecule is O=C(NCC1(c2ccc3c(c2)OCCO3)CCCC1)c1ccc(F)cc1F. The molecule has 2 aromatic rings. The minimum atomic E-state index is -0.854. The van der Waals surface area contributed by atoms with Gasteiger partial charge in [0.1, 0.15) is 24.8 Å². The molecule has 1 saturated carbocycles. The van der Waals surface area contributed by atoms with E-state index in [4.69, 9.17) is 9.47 Å². The van der Waals surface area contributed by atoms with Crippen LogP contribution in [0.15, 0.2) is 36.4 Å². The first-order chi connectivity index (χ1) is 13.1. The van der Waals surface area contributed by atoms with Gasteiger partial charge in [-0.15, -0.1) is 0 Å². The van der Waals surface area contributed by atoms with Gasteiger partial charge in [0, 0.05) is 18.0 Å². The lowest BCUT2D eigenvalue weighted by atomic mass is 9.78. The van der Waals surface area contributed by atoms with Gasteiger partial charge >= 0.3 is 0 Å². The van der Waals surface area contributed by atoms with Crippen LogP contribution in [0.25, 0.3) is 0 Å². The van der Waals surface area contributed by atoms with Crippen LogP contribution in [0.5, 0.6) is 11.5 Å². The number of amides is 1. The van der Waals surface area contributed by atoms with E-state index >= 15 is 0 Å². The van der Waals surface area contributed by atoms with E-state index in [1.54, 1.807) is 0 Å². The van der Waals surface area contributed by atoms with E-state index in [9.17, 15) is 13.6 Å². The monoisotopic (exact) mass is 373 g/mol. The van der Waals surface area contributed by atoms with Crippen LogP contribution in [0.1, 0.15) is 41.6 Å². The Morgan fingerprint density at radius 1 is 1.00 bits per heavy atom. The lowest BCUT2D eigenvalue weighted by Gasteiger charge is -2.31. The number of hydrogen-bond acceptors (Lipinski definition) is 3. The Kier molecular flexibility index (Phi) is 4.72. The number of ether oxygens (including phenoxy) is 2. The normalized spacial score (nSPS) is 17.6. The lowest BCUT2D eigenvalue weighted by Crippen LogP contribution is -2.39. The third-order valence-corrected chi connectivity index (χ3v) is 5.48. The molecule has 6 heteroatoms. The largest absolute Gasteiger partial charge is 0.486 e. The molecule has 1 aliphatic heterocycles. The van der Waals surface area contributed by atoms with Gasteiger partial charge in [0.25, 0.3) is 5.91 Å². The highest BCUT2D eigenvalue weighted by Crippen LogP contribution is 2.43. The Labute approximate surface area is 156 Å². The summed E-state index contributed by atoms with van der Waals surface area (Å²) in [5, 5.41) is 2.85. The van der Waals surface area contributed by atoms with Gasteiger partial charge < -0.3 is 14.8 Å². The second kappa shape index (κ2) is 7.18. The summed E-state index contributed by atoms with van der Waals surface area (Å²) < 4.78 is 38.2. The fourth-order valence-corrected chi connectivity index (χ4v) is 4.01. The summed E-state index contributed by atoms with van der Waals surface area (Å²) in [4.78, 5) is 12.4. The van der Waals surface area contributed by atoms with Crippen molar-refractivity contribution < 1.29 is 23.0 Å². The number of rotatable bonds is 4. The first-order valence-electron chi connectivity index (χ1n) is 9.21. The number of halogens is 2. The van der Waals surface area contributed by atoms with Gasteiger partial charge in [-0.1, -0.05) is 18.9 Å². The first kappa shape index (κ1) is 17.8. The van der Waals surface area contributed by atoms with E-state index in [2.05, 4.69) is 5.32 Å². The first-order valence-corrected chi connectivity index (χ1v) is 9.21. The summed E-state index contributed by atoms with van der Waals surface area (Å²) in [5.41, 5.74) is 0.720. The van der Waals surface area contributed by atoms with Crippen molar-refractivity contribution in [3.05, 3.63) is 59.2 Å². The van der Waals surface area contributed by atoms with Gasteiger partial charge in [-0.2, -0.15) is 0 Å². The van der Waals surface area contributed by atoms with Crippen LogP contribution in [0.2, 0.25) is 0 Å². The van der Waals surface area contributed by atoms with Gasteiger partial charge in [0.15, 0.2) is 11.5 Å². The maximum absolute atomic E-state index is 13.9. The summed E-state index contributed by atoms with van der Waals surface area (Å²) in [7, 11) is 0. The van der Waals surface area contributed by atoms with E-state index in [-0.39, 0.29) is 11.0 Å². The smallest absolute Gasteiger partial charge is 0.254 e. The van der Waals surface area contributed by atoms with E-state index in [1.165, 1.54) is 6.07 Å². The maximum atomic E-state index is 13.9. The molecular weight excluding hydrogens is 352 g/mol. The molecule has 4 nitrogen and oxygen atoms in total. The van der Waals surface area contributed by atoms with Crippen molar-refractivity contribution in [2.45, 2.75) is 31.1 Å². The molecule has 0 radical (unpaired) electrons. The Morgan fingerprint density at radius 2 is 1.74 bits per heavy atom. The second-order valence-corrected chi connectivity index (χ2v) is 7.15. The predicted molar refractivity (Wildman–Crippen MR) is 96.3 cm³/mol. The lowest BCUT2D eigenvalue weighted by molar-refractivity contribution is 0.0939. The summed E-state index contributed by atoms with van der Waals surface area (Å²) in [6, 6.07) is 8.90. The molecule has 1 heterocycles. The molecule has 0 spiro atoms. The van der Waals surface area contributed by atoms with Crippen LogP contribution in [-0.2, 0) is 5.41 Å². The van der Waals surface area contributed by atoms with Gasteiger partial charge in [0.05, 0.1) is 5.56 Å². The van der Waals surface area contributed by atoms with Crippen molar-refractivity contribution in [1.29, 1.82) is 0 Å². The average Bonchev–Trinajstić information content (AvgIpc) is 3.16. The minimum absolute atomic E-state index is 0.147. The van der Waals surface area contributed by atoms with Crippen LogP contribution in [0.3, 0.4) is 0 Å². The highest BCUT2D eigenvalue weighted by atomic mass is 19.1. The molecule has 27 heavy (non-hydrogen) atoms. The molecule has 0 bridgehead atoms. The number of fused-ring (bicyclic) bond motifs is 1.